The fourth-order valence-electron chi connectivity index (χ4n) is 3.64. The van der Waals surface area contributed by atoms with E-state index in [4.69, 9.17) is 4.99 Å². The summed E-state index contributed by atoms with van der Waals surface area (Å²) in [6.45, 7) is 4.22. The molecule has 2 heterocycles. The van der Waals surface area contributed by atoms with Crippen molar-refractivity contribution in [1.29, 1.82) is 0 Å². The van der Waals surface area contributed by atoms with Crippen molar-refractivity contribution in [1.82, 2.24) is 10.6 Å². The van der Waals surface area contributed by atoms with Crippen molar-refractivity contribution in [3.8, 4) is 0 Å². The number of para-hydroxylation sites is 2. The van der Waals surface area contributed by atoms with Gasteiger partial charge < -0.3 is 16.0 Å². The number of rotatable bonds is 2. The van der Waals surface area contributed by atoms with Gasteiger partial charge in [-0.25, -0.2) is 4.99 Å². The van der Waals surface area contributed by atoms with Crippen LogP contribution in [0.1, 0.15) is 31.4 Å². The molecule has 2 aromatic rings. The molecule has 0 radical (unpaired) electrons. The minimum atomic E-state index is -0.0946. The summed E-state index contributed by atoms with van der Waals surface area (Å²) in [5.41, 5.74) is 3.34. The largest absolute Gasteiger partial charge is 0.371 e. The Kier molecular flexibility index (Phi) is 3.98. The fraction of sp³-hybridized carbons (Fsp3) is 0.350. The molecule has 0 amide bonds. The molecule has 124 valence electrons. The lowest BCUT2D eigenvalue weighted by atomic mass is 9.84. The average molecular weight is 320 g/mol. The lowest BCUT2D eigenvalue weighted by Gasteiger charge is -2.43. The number of nitrogens with one attached hydrogen (secondary N) is 3. The summed E-state index contributed by atoms with van der Waals surface area (Å²) in [4.78, 5) is 5.00. The lowest BCUT2D eigenvalue weighted by molar-refractivity contribution is 0.409. The van der Waals surface area contributed by atoms with Gasteiger partial charge in [0.1, 0.15) is 5.84 Å². The fourth-order valence-corrected chi connectivity index (χ4v) is 3.64. The third-order valence-corrected chi connectivity index (χ3v) is 5.07. The second kappa shape index (κ2) is 6.29. The highest BCUT2D eigenvalue weighted by molar-refractivity contribution is 6.00. The Hall–Kier alpha value is -2.33. The van der Waals surface area contributed by atoms with E-state index in [1.165, 1.54) is 5.56 Å². The molecule has 1 saturated heterocycles. The van der Waals surface area contributed by atoms with Crippen LogP contribution in [0.25, 0.3) is 0 Å². The summed E-state index contributed by atoms with van der Waals surface area (Å²) in [6.07, 6.45) is 2.07. The van der Waals surface area contributed by atoms with Crippen molar-refractivity contribution in [2.45, 2.75) is 31.3 Å². The number of piperidine rings is 1. The number of nitrogens with zero attached hydrogens (tertiary/aromatic N) is 1. The quantitative estimate of drug-likeness (QED) is 0.792. The van der Waals surface area contributed by atoms with E-state index in [9.17, 15) is 0 Å². The monoisotopic (exact) mass is 320 g/mol. The van der Waals surface area contributed by atoms with E-state index in [1.807, 2.05) is 6.07 Å². The van der Waals surface area contributed by atoms with E-state index in [2.05, 4.69) is 71.4 Å². The molecule has 0 aromatic heterocycles. The number of aliphatic imine (C=N–C) groups is 1. The molecule has 2 aliphatic rings. The van der Waals surface area contributed by atoms with Crippen LogP contribution < -0.4 is 16.0 Å². The van der Waals surface area contributed by atoms with E-state index in [1.54, 1.807) is 0 Å². The first-order valence-corrected chi connectivity index (χ1v) is 8.75. The van der Waals surface area contributed by atoms with E-state index >= 15 is 0 Å². The van der Waals surface area contributed by atoms with Crippen molar-refractivity contribution >= 4 is 17.2 Å². The van der Waals surface area contributed by atoms with Crippen molar-refractivity contribution < 1.29 is 0 Å². The summed E-state index contributed by atoms with van der Waals surface area (Å²) < 4.78 is 0. The first-order valence-electron chi connectivity index (χ1n) is 8.75. The van der Waals surface area contributed by atoms with Crippen LogP contribution in [0.5, 0.6) is 0 Å². The predicted molar refractivity (Wildman–Crippen MR) is 100.0 cm³/mol. The maximum absolute atomic E-state index is 5.00. The van der Waals surface area contributed by atoms with Crippen LogP contribution in [0.4, 0.5) is 11.4 Å². The highest BCUT2D eigenvalue weighted by Crippen LogP contribution is 2.37. The minimum absolute atomic E-state index is 0.0946. The maximum Gasteiger partial charge on any atom is 0.129 e. The van der Waals surface area contributed by atoms with E-state index < -0.39 is 0 Å². The molecule has 4 rings (SSSR count). The SMILES string of the molecule is CC(NC1=Nc2ccccc2NC12CCNCC2)c1ccccc1. The highest BCUT2D eigenvalue weighted by atomic mass is 15.2. The first-order chi connectivity index (χ1) is 11.8. The first kappa shape index (κ1) is 15.2. The molecular weight excluding hydrogens is 296 g/mol. The van der Waals surface area contributed by atoms with E-state index in [-0.39, 0.29) is 11.6 Å². The summed E-state index contributed by atoms with van der Waals surface area (Å²) in [7, 11) is 0. The molecule has 3 N–H and O–H groups in total. The number of anilines is 1. The zero-order valence-electron chi connectivity index (χ0n) is 14.0. The summed E-state index contributed by atoms with van der Waals surface area (Å²) in [5, 5.41) is 10.9. The Labute approximate surface area is 143 Å². The summed E-state index contributed by atoms with van der Waals surface area (Å²) in [6, 6.07) is 19.1. The van der Waals surface area contributed by atoms with Crippen LogP contribution in [0.15, 0.2) is 59.6 Å². The third-order valence-electron chi connectivity index (χ3n) is 5.07. The molecule has 1 unspecified atom stereocenters. The minimum Gasteiger partial charge on any atom is -0.371 e. The van der Waals surface area contributed by atoms with Crippen molar-refractivity contribution in [3.05, 3.63) is 60.2 Å². The Morgan fingerprint density at radius 1 is 1.00 bits per heavy atom. The Morgan fingerprint density at radius 3 is 2.50 bits per heavy atom. The van der Waals surface area contributed by atoms with Gasteiger partial charge in [-0.1, -0.05) is 42.5 Å². The molecule has 2 aromatic carbocycles. The van der Waals surface area contributed by atoms with Gasteiger partial charge in [0.05, 0.1) is 16.9 Å². The second-order valence-electron chi connectivity index (χ2n) is 6.71. The maximum atomic E-state index is 5.00. The molecule has 4 heteroatoms. The van der Waals surface area contributed by atoms with Gasteiger partial charge in [0.2, 0.25) is 0 Å². The van der Waals surface area contributed by atoms with Gasteiger partial charge in [-0.05, 0) is 50.6 Å². The van der Waals surface area contributed by atoms with Crippen molar-refractivity contribution in [2.75, 3.05) is 18.4 Å². The lowest BCUT2D eigenvalue weighted by Crippen LogP contribution is -2.59. The Balaban J connectivity index is 1.68. The molecule has 1 fully saturated rings. The van der Waals surface area contributed by atoms with Gasteiger partial charge >= 0.3 is 0 Å². The molecular formula is C20H24N4. The van der Waals surface area contributed by atoms with E-state index in [0.29, 0.717) is 0 Å². The van der Waals surface area contributed by atoms with Gasteiger partial charge in [-0.2, -0.15) is 0 Å². The number of fused-ring (bicyclic) bond motifs is 1. The van der Waals surface area contributed by atoms with Gasteiger partial charge in [-0.15, -0.1) is 0 Å². The molecule has 0 saturated carbocycles. The average Bonchev–Trinajstić information content (AvgIpc) is 2.64. The Morgan fingerprint density at radius 2 is 1.71 bits per heavy atom. The van der Waals surface area contributed by atoms with Crippen LogP contribution in [0.3, 0.4) is 0 Å². The van der Waals surface area contributed by atoms with Crippen LogP contribution in [-0.4, -0.2) is 24.5 Å². The van der Waals surface area contributed by atoms with Gasteiger partial charge in [0.15, 0.2) is 0 Å². The molecule has 1 atom stereocenters. The Bertz CT molecular complexity index is 732. The topological polar surface area (TPSA) is 48.5 Å². The standard InChI is InChI=1S/C20H24N4/c1-15(16-7-3-2-4-8-16)22-19-20(11-13-21-14-12-20)24-18-10-6-5-9-17(18)23-19/h2-10,15,21,24H,11-14H2,1H3,(H,22,23). The van der Waals surface area contributed by atoms with E-state index in [0.717, 1.165) is 43.1 Å². The van der Waals surface area contributed by atoms with Crippen LogP contribution in [0.2, 0.25) is 0 Å². The van der Waals surface area contributed by atoms with Gasteiger partial charge in [0.25, 0.3) is 0 Å². The third kappa shape index (κ3) is 2.78. The number of hydrogen-bond donors (Lipinski definition) is 3. The van der Waals surface area contributed by atoms with Crippen LogP contribution in [0, 0.1) is 0 Å². The number of hydrogen-bond acceptors (Lipinski definition) is 4. The highest BCUT2D eigenvalue weighted by Gasteiger charge is 2.40. The zero-order chi connectivity index (χ0) is 16.4. The molecule has 24 heavy (non-hydrogen) atoms. The van der Waals surface area contributed by atoms with Gasteiger partial charge in [-0.3, -0.25) is 0 Å². The van der Waals surface area contributed by atoms with Crippen LogP contribution in [-0.2, 0) is 0 Å². The summed E-state index contributed by atoms with van der Waals surface area (Å²) >= 11 is 0. The van der Waals surface area contributed by atoms with Crippen molar-refractivity contribution in [2.24, 2.45) is 4.99 Å². The molecule has 1 spiro atoms. The molecule has 0 bridgehead atoms. The summed E-state index contributed by atoms with van der Waals surface area (Å²) in [5.74, 6) is 1.07. The zero-order valence-corrected chi connectivity index (χ0v) is 14.0. The molecule has 2 aliphatic heterocycles. The number of amidine groups is 1. The molecule has 0 aliphatic carbocycles. The normalized spacial score (nSPS) is 19.8. The predicted octanol–water partition coefficient (Wildman–Crippen LogP) is 3.62. The molecule has 4 nitrogen and oxygen atoms in total. The number of benzene rings is 2. The second-order valence-corrected chi connectivity index (χ2v) is 6.71. The van der Waals surface area contributed by atoms with Gasteiger partial charge in [0, 0.05) is 6.04 Å². The smallest absolute Gasteiger partial charge is 0.129 e. The van der Waals surface area contributed by atoms with Crippen molar-refractivity contribution in [3.63, 3.8) is 0 Å². The van der Waals surface area contributed by atoms with Crippen LogP contribution >= 0.6 is 0 Å².